The number of hydrogen-bond acceptors (Lipinski definition) is 3. The highest BCUT2D eigenvalue weighted by atomic mass is 16.2. The highest BCUT2D eigenvalue weighted by molar-refractivity contribution is 6.46. The van der Waals surface area contributed by atoms with Crippen LogP contribution in [0, 0.1) is 0 Å². The number of hydrazone groups is 1. The van der Waals surface area contributed by atoms with Gasteiger partial charge in [0.1, 0.15) is 5.71 Å². The topological polar surface area (TPSA) is 58.7 Å². The van der Waals surface area contributed by atoms with Crippen molar-refractivity contribution in [3.05, 3.63) is 66.2 Å². The molecule has 100 valence electrons. The van der Waals surface area contributed by atoms with Crippen LogP contribution in [0.1, 0.15) is 18.0 Å². The van der Waals surface area contributed by atoms with Gasteiger partial charge in [-0.1, -0.05) is 48.5 Å². The third kappa shape index (κ3) is 2.05. The Kier molecular flexibility index (Phi) is 3.21. The molecule has 2 aromatic carbocycles. The number of nitrogens with zero attached hydrogens (tertiary/aromatic N) is 2. The molecule has 0 aliphatic carbocycles. The molecular weight excluding hydrogens is 250 g/mol. The van der Waals surface area contributed by atoms with Gasteiger partial charge in [0.15, 0.2) is 0 Å². The molecule has 1 fully saturated rings. The van der Waals surface area contributed by atoms with E-state index < -0.39 is 0 Å². The first-order valence-corrected chi connectivity index (χ1v) is 6.51. The van der Waals surface area contributed by atoms with Crippen LogP contribution in [0.5, 0.6) is 0 Å². The molecule has 3 rings (SSSR count). The number of nitrogens with two attached hydrogens (primary N) is 1. The molecule has 2 aromatic rings. The summed E-state index contributed by atoms with van der Waals surface area (Å²) in [7, 11) is 0. The Balaban J connectivity index is 2.06. The Bertz CT molecular complexity index is 637. The number of anilines is 1. The molecule has 4 heteroatoms. The molecule has 0 bridgehead atoms. The lowest BCUT2D eigenvalue weighted by atomic mass is 10.0. The molecule has 1 aliphatic heterocycles. The molecule has 1 amide bonds. The number of para-hydroxylation sites is 1. The SMILES string of the molecule is NN=C1CC(c2ccccc2)N(c2ccccc2)C1=O. The molecule has 0 radical (unpaired) electrons. The van der Waals surface area contributed by atoms with Gasteiger partial charge in [-0.3, -0.25) is 9.69 Å². The van der Waals surface area contributed by atoms with Crippen LogP contribution in [-0.4, -0.2) is 11.6 Å². The Morgan fingerprint density at radius 2 is 1.60 bits per heavy atom. The minimum absolute atomic E-state index is 0.0478. The van der Waals surface area contributed by atoms with Crippen molar-refractivity contribution >= 4 is 17.3 Å². The zero-order chi connectivity index (χ0) is 13.9. The molecule has 20 heavy (non-hydrogen) atoms. The van der Waals surface area contributed by atoms with Gasteiger partial charge < -0.3 is 5.84 Å². The largest absolute Gasteiger partial charge is 0.323 e. The second kappa shape index (κ2) is 5.17. The number of benzene rings is 2. The van der Waals surface area contributed by atoms with Crippen molar-refractivity contribution in [1.82, 2.24) is 0 Å². The summed E-state index contributed by atoms with van der Waals surface area (Å²) in [6.45, 7) is 0. The first-order chi connectivity index (χ1) is 9.81. The van der Waals surface area contributed by atoms with Gasteiger partial charge in [-0.05, 0) is 17.7 Å². The van der Waals surface area contributed by atoms with Crippen LogP contribution < -0.4 is 10.7 Å². The lowest BCUT2D eigenvalue weighted by molar-refractivity contribution is -0.112. The van der Waals surface area contributed by atoms with Crippen LogP contribution >= 0.6 is 0 Å². The van der Waals surface area contributed by atoms with E-state index in [1.807, 2.05) is 60.7 Å². The van der Waals surface area contributed by atoms with Gasteiger partial charge in [0.25, 0.3) is 5.91 Å². The smallest absolute Gasteiger partial charge is 0.275 e. The van der Waals surface area contributed by atoms with E-state index in [9.17, 15) is 4.79 Å². The van der Waals surface area contributed by atoms with Gasteiger partial charge in [-0.15, -0.1) is 0 Å². The fraction of sp³-hybridized carbons (Fsp3) is 0.125. The Morgan fingerprint density at radius 3 is 2.20 bits per heavy atom. The zero-order valence-electron chi connectivity index (χ0n) is 10.9. The van der Waals surface area contributed by atoms with Crippen LogP contribution in [0.2, 0.25) is 0 Å². The van der Waals surface area contributed by atoms with E-state index >= 15 is 0 Å². The summed E-state index contributed by atoms with van der Waals surface area (Å²) in [4.78, 5) is 14.2. The maximum atomic E-state index is 12.4. The summed E-state index contributed by atoms with van der Waals surface area (Å²) in [5.74, 6) is 5.23. The van der Waals surface area contributed by atoms with Crippen molar-refractivity contribution in [2.75, 3.05) is 4.90 Å². The third-order valence-corrected chi connectivity index (χ3v) is 3.54. The molecule has 2 N–H and O–H groups in total. The molecule has 1 unspecified atom stereocenters. The van der Waals surface area contributed by atoms with Crippen molar-refractivity contribution in [1.29, 1.82) is 0 Å². The second-order valence-electron chi connectivity index (χ2n) is 4.72. The maximum absolute atomic E-state index is 12.4. The van der Waals surface area contributed by atoms with Crippen molar-refractivity contribution in [3.8, 4) is 0 Å². The fourth-order valence-corrected chi connectivity index (χ4v) is 2.58. The number of carbonyl (C=O) groups excluding carboxylic acids is 1. The van der Waals surface area contributed by atoms with Gasteiger partial charge in [-0.25, -0.2) is 0 Å². The average molecular weight is 265 g/mol. The summed E-state index contributed by atoms with van der Waals surface area (Å²) in [5.41, 5.74) is 2.37. The van der Waals surface area contributed by atoms with Gasteiger partial charge in [0.2, 0.25) is 0 Å². The molecular formula is C16H15N3O. The Labute approximate surface area is 117 Å². The zero-order valence-corrected chi connectivity index (χ0v) is 10.9. The van der Waals surface area contributed by atoms with Crippen LogP contribution in [0.25, 0.3) is 0 Å². The van der Waals surface area contributed by atoms with Crippen LogP contribution in [-0.2, 0) is 4.79 Å². The quantitative estimate of drug-likeness (QED) is 0.670. The molecule has 1 aliphatic rings. The van der Waals surface area contributed by atoms with Crippen molar-refractivity contribution in [2.45, 2.75) is 12.5 Å². The molecule has 1 atom stereocenters. The standard InChI is InChI=1S/C16H15N3O/c17-18-14-11-15(12-7-3-1-4-8-12)19(16(14)20)13-9-5-2-6-10-13/h1-10,15H,11,17H2. The summed E-state index contributed by atoms with van der Waals surface area (Å²) in [6, 6.07) is 19.5. The molecule has 0 saturated carbocycles. The van der Waals surface area contributed by atoms with Gasteiger partial charge in [-0.2, -0.15) is 5.10 Å². The monoisotopic (exact) mass is 265 g/mol. The number of carbonyl (C=O) groups is 1. The first kappa shape index (κ1) is 12.4. The molecule has 0 aromatic heterocycles. The summed E-state index contributed by atoms with van der Waals surface area (Å²) < 4.78 is 0. The second-order valence-corrected chi connectivity index (χ2v) is 4.72. The lowest BCUT2D eigenvalue weighted by Crippen LogP contribution is -2.29. The van der Waals surface area contributed by atoms with Crippen LogP contribution in [0.4, 0.5) is 5.69 Å². The van der Waals surface area contributed by atoms with Gasteiger partial charge in [0.05, 0.1) is 6.04 Å². The molecule has 4 nitrogen and oxygen atoms in total. The van der Waals surface area contributed by atoms with Crippen LogP contribution in [0.15, 0.2) is 65.8 Å². The van der Waals surface area contributed by atoms with Crippen molar-refractivity contribution in [3.63, 3.8) is 0 Å². The number of hydrogen-bond donors (Lipinski definition) is 1. The van der Waals surface area contributed by atoms with E-state index in [0.29, 0.717) is 12.1 Å². The summed E-state index contributed by atoms with van der Waals surface area (Å²) in [6.07, 6.45) is 0.536. The number of amides is 1. The minimum atomic E-state index is -0.118. The van der Waals surface area contributed by atoms with E-state index in [1.54, 1.807) is 4.90 Å². The predicted octanol–water partition coefficient (Wildman–Crippen LogP) is 2.48. The fourth-order valence-electron chi connectivity index (χ4n) is 2.58. The van der Waals surface area contributed by atoms with E-state index in [0.717, 1.165) is 11.3 Å². The predicted molar refractivity (Wildman–Crippen MR) is 79.4 cm³/mol. The third-order valence-electron chi connectivity index (χ3n) is 3.54. The highest BCUT2D eigenvalue weighted by Gasteiger charge is 2.38. The lowest BCUT2D eigenvalue weighted by Gasteiger charge is -2.24. The van der Waals surface area contributed by atoms with E-state index in [2.05, 4.69) is 5.10 Å². The Hall–Kier alpha value is -2.62. The summed E-state index contributed by atoms with van der Waals surface area (Å²) in [5, 5.41) is 3.65. The van der Waals surface area contributed by atoms with Crippen molar-refractivity contribution < 1.29 is 4.79 Å². The molecule has 1 heterocycles. The Morgan fingerprint density at radius 1 is 1.00 bits per heavy atom. The van der Waals surface area contributed by atoms with Crippen LogP contribution in [0.3, 0.4) is 0 Å². The first-order valence-electron chi connectivity index (χ1n) is 6.51. The van der Waals surface area contributed by atoms with E-state index in [1.165, 1.54) is 0 Å². The van der Waals surface area contributed by atoms with Gasteiger partial charge in [0, 0.05) is 12.1 Å². The van der Waals surface area contributed by atoms with E-state index in [-0.39, 0.29) is 11.9 Å². The average Bonchev–Trinajstić information content (AvgIpc) is 2.86. The maximum Gasteiger partial charge on any atom is 0.275 e. The molecule has 0 spiro atoms. The minimum Gasteiger partial charge on any atom is -0.323 e. The van der Waals surface area contributed by atoms with E-state index in [4.69, 9.17) is 5.84 Å². The highest BCUT2D eigenvalue weighted by Crippen LogP contribution is 2.35. The van der Waals surface area contributed by atoms with Gasteiger partial charge >= 0.3 is 0 Å². The normalized spacial score (nSPS) is 20.6. The van der Waals surface area contributed by atoms with Crippen molar-refractivity contribution in [2.24, 2.45) is 10.9 Å². The number of rotatable bonds is 2. The molecule has 1 saturated heterocycles. The summed E-state index contributed by atoms with van der Waals surface area (Å²) >= 11 is 0.